The van der Waals surface area contributed by atoms with Crippen LogP contribution in [0.4, 0.5) is 5.69 Å². The average Bonchev–Trinajstić information content (AvgIpc) is 3.24. The molecule has 3 rings (SSSR count). The van der Waals surface area contributed by atoms with Crippen LogP contribution in [-0.4, -0.2) is 43.3 Å². The number of hydrogen-bond acceptors (Lipinski definition) is 7. The van der Waals surface area contributed by atoms with Gasteiger partial charge in [0.15, 0.2) is 0 Å². The number of thiophene rings is 1. The highest BCUT2D eigenvalue weighted by Crippen LogP contribution is 2.35. The van der Waals surface area contributed by atoms with Gasteiger partial charge in [-0.1, -0.05) is 30.0 Å². The van der Waals surface area contributed by atoms with Crippen molar-refractivity contribution in [3.63, 3.8) is 0 Å². The summed E-state index contributed by atoms with van der Waals surface area (Å²) in [5, 5.41) is 23.1. The van der Waals surface area contributed by atoms with Gasteiger partial charge in [-0.2, -0.15) is 0 Å². The third-order valence-corrected chi connectivity index (χ3v) is 6.05. The second-order valence-electron chi connectivity index (χ2n) is 5.77. The highest BCUT2D eigenvalue weighted by Gasteiger charge is 2.38. The molecule has 7 nitrogen and oxygen atoms in total. The van der Waals surface area contributed by atoms with Crippen molar-refractivity contribution in [2.45, 2.75) is 13.0 Å². The van der Waals surface area contributed by atoms with Crippen molar-refractivity contribution in [2.24, 2.45) is 0 Å². The minimum Gasteiger partial charge on any atom is -0.508 e. The number of phenolic OH excluding ortho intramolecular Hbond substituents is 1. The van der Waals surface area contributed by atoms with Crippen molar-refractivity contribution < 1.29 is 24.6 Å². The monoisotopic (exact) mass is 434 g/mol. The third-order valence-electron chi connectivity index (χ3n) is 3.90. The summed E-state index contributed by atoms with van der Waals surface area (Å²) in [6, 6.07) is 6.36. The predicted octanol–water partition coefficient (Wildman–Crippen LogP) is 3.38. The molecule has 0 saturated carbocycles. The Morgan fingerprint density at radius 3 is 2.71 bits per heavy atom. The van der Waals surface area contributed by atoms with E-state index < -0.39 is 17.9 Å². The zero-order valence-corrected chi connectivity index (χ0v) is 16.9. The number of phenols is 1. The van der Waals surface area contributed by atoms with Gasteiger partial charge in [0.2, 0.25) is 5.91 Å². The Hall–Kier alpha value is -2.69. The molecular formula is C18H14N2O5S3. The zero-order valence-electron chi connectivity index (χ0n) is 14.4. The standard InChI is InChI=1S/C18H14N2O5S3/c1-9(15(22)19-13-5-4-10(21)7-12(13)17(24)25)20-16(23)14(28-18(20)26)8-11-3-2-6-27-11/h2-9,21H,1H3,(H,19,22)(H,24,25). The number of nitrogens with zero attached hydrogens (tertiary/aromatic N) is 1. The van der Waals surface area contributed by atoms with Crippen molar-refractivity contribution in [3.05, 3.63) is 51.1 Å². The number of carboxylic acids is 1. The molecule has 0 spiro atoms. The SMILES string of the molecule is CC(C(=O)Nc1ccc(O)cc1C(=O)O)N1C(=O)C(=Cc2cccs2)SC1=S. The number of hydrogen-bond donors (Lipinski definition) is 3. The molecular weight excluding hydrogens is 420 g/mol. The van der Waals surface area contributed by atoms with E-state index >= 15 is 0 Å². The first kappa shape index (κ1) is 20.1. The van der Waals surface area contributed by atoms with E-state index in [1.807, 2.05) is 17.5 Å². The Bertz CT molecular complexity index is 1000. The first-order valence-electron chi connectivity index (χ1n) is 7.95. The smallest absolute Gasteiger partial charge is 0.337 e. The van der Waals surface area contributed by atoms with Crippen LogP contribution in [-0.2, 0) is 9.59 Å². The van der Waals surface area contributed by atoms with E-state index in [0.717, 1.165) is 22.7 Å². The van der Waals surface area contributed by atoms with Gasteiger partial charge >= 0.3 is 5.97 Å². The number of aromatic hydroxyl groups is 1. The number of amides is 2. The van der Waals surface area contributed by atoms with Crippen LogP contribution >= 0.6 is 35.3 Å². The quantitative estimate of drug-likeness (QED) is 0.376. The van der Waals surface area contributed by atoms with Crippen LogP contribution < -0.4 is 5.32 Å². The number of anilines is 1. The van der Waals surface area contributed by atoms with E-state index in [2.05, 4.69) is 5.32 Å². The number of carbonyl (C=O) groups is 3. The minimum atomic E-state index is -1.30. The fourth-order valence-corrected chi connectivity index (χ4v) is 4.63. The van der Waals surface area contributed by atoms with Gasteiger partial charge < -0.3 is 15.5 Å². The number of benzene rings is 1. The van der Waals surface area contributed by atoms with Gasteiger partial charge in [0, 0.05) is 4.88 Å². The number of rotatable bonds is 5. The summed E-state index contributed by atoms with van der Waals surface area (Å²) >= 11 is 7.85. The van der Waals surface area contributed by atoms with Crippen molar-refractivity contribution in [2.75, 3.05) is 5.32 Å². The molecule has 1 unspecified atom stereocenters. The Morgan fingerprint density at radius 1 is 1.32 bits per heavy atom. The van der Waals surface area contributed by atoms with Gasteiger partial charge in [-0.05, 0) is 42.6 Å². The first-order valence-corrected chi connectivity index (χ1v) is 10.1. The molecule has 1 saturated heterocycles. The van der Waals surface area contributed by atoms with Gasteiger partial charge in [0.1, 0.15) is 16.1 Å². The lowest BCUT2D eigenvalue weighted by Crippen LogP contribution is -2.44. The lowest BCUT2D eigenvalue weighted by atomic mass is 10.1. The highest BCUT2D eigenvalue weighted by atomic mass is 32.2. The Morgan fingerprint density at radius 2 is 2.07 bits per heavy atom. The van der Waals surface area contributed by atoms with Crippen molar-refractivity contribution in [3.8, 4) is 5.75 Å². The second kappa shape index (κ2) is 8.13. The summed E-state index contributed by atoms with van der Waals surface area (Å²) in [5.74, 6) is -2.51. The zero-order chi connectivity index (χ0) is 20.4. The topological polar surface area (TPSA) is 107 Å². The van der Waals surface area contributed by atoms with Gasteiger partial charge in [-0.3, -0.25) is 14.5 Å². The summed E-state index contributed by atoms with van der Waals surface area (Å²) in [4.78, 5) is 39.2. The minimum absolute atomic E-state index is 0.0155. The van der Waals surface area contributed by atoms with Crippen LogP contribution in [0, 0.1) is 0 Å². The number of carbonyl (C=O) groups excluding carboxylic acids is 2. The molecule has 2 amide bonds. The Labute approximate surface area is 173 Å². The maximum absolute atomic E-state index is 12.7. The van der Waals surface area contributed by atoms with Gasteiger partial charge in [-0.15, -0.1) is 11.3 Å². The summed E-state index contributed by atoms with van der Waals surface area (Å²) in [6.45, 7) is 1.51. The predicted molar refractivity (Wildman–Crippen MR) is 112 cm³/mol. The van der Waals surface area contributed by atoms with Crippen LogP contribution in [0.5, 0.6) is 5.75 Å². The fourth-order valence-electron chi connectivity index (χ4n) is 2.49. The molecule has 2 aromatic rings. The molecule has 1 atom stereocenters. The lowest BCUT2D eigenvalue weighted by Gasteiger charge is -2.22. The van der Waals surface area contributed by atoms with E-state index in [-0.39, 0.29) is 27.2 Å². The number of aromatic carboxylic acids is 1. The normalized spacial score (nSPS) is 16.5. The van der Waals surface area contributed by atoms with Gasteiger partial charge in [-0.25, -0.2) is 4.79 Å². The molecule has 28 heavy (non-hydrogen) atoms. The average molecular weight is 435 g/mol. The molecule has 0 bridgehead atoms. The number of thioether (sulfide) groups is 1. The first-order chi connectivity index (χ1) is 13.3. The van der Waals surface area contributed by atoms with E-state index in [9.17, 15) is 24.6 Å². The van der Waals surface area contributed by atoms with E-state index in [4.69, 9.17) is 12.2 Å². The fraction of sp³-hybridized carbons (Fsp3) is 0.111. The second-order valence-corrected chi connectivity index (χ2v) is 8.42. The van der Waals surface area contributed by atoms with E-state index in [1.165, 1.54) is 35.3 Å². The summed E-state index contributed by atoms with van der Waals surface area (Å²) < 4.78 is 0.250. The van der Waals surface area contributed by atoms with Crippen LogP contribution in [0.2, 0.25) is 0 Å². The van der Waals surface area contributed by atoms with E-state index in [1.54, 1.807) is 6.08 Å². The molecule has 0 radical (unpaired) electrons. The summed E-state index contributed by atoms with van der Waals surface area (Å²) in [6.07, 6.45) is 1.72. The molecule has 3 N–H and O–H groups in total. The molecule has 1 aromatic carbocycles. The van der Waals surface area contributed by atoms with Gasteiger partial charge in [0.25, 0.3) is 5.91 Å². The van der Waals surface area contributed by atoms with Crippen molar-refractivity contribution >= 4 is 69.2 Å². The highest BCUT2D eigenvalue weighted by molar-refractivity contribution is 8.26. The largest absolute Gasteiger partial charge is 0.508 e. The van der Waals surface area contributed by atoms with Crippen LogP contribution in [0.1, 0.15) is 22.2 Å². The van der Waals surface area contributed by atoms with Crippen molar-refractivity contribution in [1.29, 1.82) is 0 Å². The molecule has 144 valence electrons. The Kier molecular flexibility index (Phi) is 5.82. The van der Waals surface area contributed by atoms with Gasteiger partial charge in [0.05, 0.1) is 16.2 Å². The summed E-state index contributed by atoms with van der Waals surface area (Å²) in [7, 11) is 0. The van der Waals surface area contributed by atoms with Crippen LogP contribution in [0.3, 0.4) is 0 Å². The van der Waals surface area contributed by atoms with Crippen LogP contribution in [0.25, 0.3) is 6.08 Å². The van der Waals surface area contributed by atoms with Crippen molar-refractivity contribution in [1.82, 2.24) is 4.90 Å². The maximum Gasteiger partial charge on any atom is 0.337 e. The molecule has 0 aliphatic carbocycles. The molecule has 1 aromatic heterocycles. The number of thiocarbonyl (C=S) groups is 1. The summed E-state index contributed by atoms with van der Waals surface area (Å²) in [5.41, 5.74) is -0.245. The molecule has 2 heterocycles. The van der Waals surface area contributed by atoms with E-state index in [0.29, 0.717) is 4.91 Å². The lowest BCUT2D eigenvalue weighted by molar-refractivity contribution is -0.129. The third kappa shape index (κ3) is 4.08. The Balaban J connectivity index is 1.79. The molecule has 1 aliphatic heterocycles. The van der Waals surface area contributed by atoms with Crippen LogP contribution in [0.15, 0.2) is 40.6 Å². The number of nitrogens with one attached hydrogen (secondary N) is 1. The molecule has 10 heteroatoms. The molecule has 1 fully saturated rings. The number of carboxylic acid groups (broad SMARTS) is 1. The molecule has 1 aliphatic rings. The maximum atomic E-state index is 12.7.